The van der Waals surface area contributed by atoms with E-state index in [0.717, 1.165) is 11.1 Å². The van der Waals surface area contributed by atoms with Gasteiger partial charge in [-0.25, -0.2) is 19.3 Å². The van der Waals surface area contributed by atoms with Gasteiger partial charge in [0.15, 0.2) is 0 Å². The van der Waals surface area contributed by atoms with Crippen molar-refractivity contribution in [2.45, 2.75) is 25.4 Å². The summed E-state index contributed by atoms with van der Waals surface area (Å²) >= 11 is 0. The first-order chi connectivity index (χ1) is 16.4. The summed E-state index contributed by atoms with van der Waals surface area (Å²) < 4.78 is 19.5. The van der Waals surface area contributed by atoms with Gasteiger partial charge in [-0.15, -0.1) is 0 Å². The highest BCUT2D eigenvalue weighted by atomic mass is 19.1. The van der Waals surface area contributed by atoms with Crippen LogP contribution in [0.3, 0.4) is 0 Å². The van der Waals surface area contributed by atoms with Crippen LogP contribution in [0.15, 0.2) is 42.5 Å². The molecule has 2 heterocycles. The van der Waals surface area contributed by atoms with Crippen LogP contribution in [-0.2, 0) is 11.3 Å². The number of aryl methyl sites for hydroxylation is 1. The molecule has 9 nitrogen and oxygen atoms in total. The van der Waals surface area contributed by atoms with Crippen LogP contribution < -0.4 is 16.0 Å². The number of hydrogen-bond acceptors (Lipinski definition) is 9. The third-order valence-corrected chi connectivity index (χ3v) is 5.52. The second-order valence-electron chi connectivity index (χ2n) is 7.93. The van der Waals surface area contributed by atoms with Gasteiger partial charge in [-0.1, -0.05) is 18.2 Å². The molecule has 1 aliphatic carbocycles. The number of anilines is 1. The third kappa shape index (κ3) is 4.98. The lowest BCUT2D eigenvalue weighted by Crippen LogP contribution is -2.27. The first-order valence-corrected chi connectivity index (χ1v) is 10.7. The molecule has 3 aromatic rings. The highest BCUT2D eigenvalue weighted by Crippen LogP contribution is 2.38. The minimum Gasteiger partial charge on any atom is -0.481 e. The molecule has 2 aromatic heterocycles. The lowest BCUT2D eigenvalue weighted by molar-refractivity contribution is -0.0191. The van der Waals surface area contributed by atoms with Gasteiger partial charge in [0, 0.05) is 29.5 Å². The molecule has 4 rings (SSSR count). The summed E-state index contributed by atoms with van der Waals surface area (Å²) in [6, 6.07) is 9.90. The second kappa shape index (κ2) is 10.1. The van der Waals surface area contributed by atoms with E-state index >= 15 is 0 Å². The van der Waals surface area contributed by atoms with Crippen LogP contribution in [0.5, 0.6) is 5.88 Å². The summed E-state index contributed by atoms with van der Waals surface area (Å²) in [4.78, 5) is 18.6. The molecule has 34 heavy (non-hydrogen) atoms. The zero-order chi connectivity index (χ0) is 24.2. The molecule has 2 atom stereocenters. The first kappa shape index (κ1) is 23.6. The zero-order valence-electron chi connectivity index (χ0n) is 18.8. The maximum Gasteiger partial charge on any atom is 0.220 e. The van der Waals surface area contributed by atoms with Crippen LogP contribution >= 0.6 is 0 Å². The monoisotopic (exact) mass is 467 g/mol. The minimum atomic E-state index is -1.03. The van der Waals surface area contributed by atoms with Crippen LogP contribution in [0.1, 0.15) is 28.4 Å². The van der Waals surface area contributed by atoms with Crippen LogP contribution in [0.25, 0.3) is 17.0 Å². The molecule has 0 bridgehead atoms. The Balaban J connectivity index is 1.77. The number of aliphatic hydroxyl groups excluding tert-OH is 2. The molecule has 1 aromatic carbocycles. The third-order valence-electron chi connectivity index (χ3n) is 5.52. The topological polar surface area (TPSA) is 136 Å². The zero-order valence-corrected chi connectivity index (χ0v) is 18.8. The van der Waals surface area contributed by atoms with Gasteiger partial charge in [0.1, 0.15) is 18.5 Å². The lowest BCUT2D eigenvalue weighted by atomic mass is 9.83. The van der Waals surface area contributed by atoms with Crippen molar-refractivity contribution in [3.63, 3.8) is 0 Å². The van der Waals surface area contributed by atoms with Crippen molar-refractivity contribution >= 4 is 11.6 Å². The van der Waals surface area contributed by atoms with E-state index in [0.29, 0.717) is 40.6 Å². The number of nitrogens with zero attached hydrogens (tertiary/aromatic N) is 3. The number of nitrogens with two attached hydrogens (primary N) is 1. The van der Waals surface area contributed by atoms with Gasteiger partial charge in [0.2, 0.25) is 11.8 Å². The highest BCUT2D eigenvalue weighted by Gasteiger charge is 2.27. The number of hydroxylamine groups is 1. The van der Waals surface area contributed by atoms with Crippen LogP contribution in [0, 0.1) is 12.7 Å². The number of aliphatic hydroxyl groups is 2. The number of ether oxygens (including phenoxy) is 1. The van der Waals surface area contributed by atoms with Crippen molar-refractivity contribution in [2.75, 3.05) is 26.1 Å². The number of nitrogen functional groups attached to an aromatic ring is 1. The molecule has 0 aliphatic heterocycles. The van der Waals surface area contributed by atoms with Gasteiger partial charge in [-0.3, -0.25) is 10.3 Å². The van der Waals surface area contributed by atoms with Gasteiger partial charge in [0.05, 0.1) is 36.5 Å². The molecule has 1 aliphatic rings. The summed E-state index contributed by atoms with van der Waals surface area (Å²) in [5, 5.41) is 18.6. The van der Waals surface area contributed by atoms with Gasteiger partial charge in [-0.2, -0.15) is 0 Å². The number of benzene rings is 1. The average Bonchev–Trinajstić information content (AvgIpc) is 2.83. The van der Waals surface area contributed by atoms with E-state index < -0.39 is 12.7 Å². The van der Waals surface area contributed by atoms with E-state index in [-0.39, 0.29) is 24.3 Å². The summed E-state index contributed by atoms with van der Waals surface area (Å²) in [6.45, 7) is 1.27. The summed E-state index contributed by atoms with van der Waals surface area (Å²) in [6.07, 6.45) is 1.41. The Bertz CT molecular complexity index is 1220. The molecule has 178 valence electrons. The van der Waals surface area contributed by atoms with E-state index in [2.05, 4.69) is 20.4 Å². The molecular formula is C24H26FN5O4. The normalized spacial score (nSPS) is 15.9. The Labute approximate surface area is 196 Å². The molecule has 0 amide bonds. The van der Waals surface area contributed by atoms with E-state index in [9.17, 15) is 9.50 Å². The van der Waals surface area contributed by atoms with Crippen molar-refractivity contribution in [3.8, 4) is 17.1 Å². The van der Waals surface area contributed by atoms with Gasteiger partial charge in [-0.05, 0) is 30.7 Å². The molecule has 0 radical (unpaired) electrons. The number of hydrogen-bond donors (Lipinski definition) is 4. The predicted octanol–water partition coefficient (Wildman–Crippen LogP) is 2.13. The van der Waals surface area contributed by atoms with E-state index in [1.54, 1.807) is 24.3 Å². The molecule has 0 saturated carbocycles. The van der Waals surface area contributed by atoms with Gasteiger partial charge in [0.25, 0.3) is 0 Å². The summed E-state index contributed by atoms with van der Waals surface area (Å²) in [7, 11) is 1.53. The molecule has 0 fully saturated rings. The van der Waals surface area contributed by atoms with E-state index in [1.807, 2.05) is 13.0 Å². The molecule has 10 heteroatoms. The number of nitrogens with one attached hydrogen (secondary N) is 1. The van der Waals surface area contributed by atoms with E-state index in [4.69, 9.17) is 20.4 Å². The SMILES string of the molecule is COc1cccc(-c2cc(F)ccc2[C@@H]2C=C(NOC[C@H](O)CO)c3c(C)nc(N)nc3C2)n1. The number of rotatable bonds is 8. The number of fused-ring (bicyclic) bond motifs is 1. The number of pyridine rings is 1. The average molecular weight is 468 g/mol. The van der Waals surface area contributed by atoms with Crippen molar-refractivity contribution in [1.29, 1.82) is 0 Å². The Morgan fingerprint density at radius 2 is 2.06 bits per heavy atom. The molecule has 0 spiro atoms. The number of methoxy groups -OCH3 is 1. The maximum absolute atomic E-state index is 14.3. The first-order valence-electron chi connectivity index (χ1n) is 10.7. The van der Waals surface area contributed by atoms with Crippen molar-refractivity contribution < 1.29 is 24.2 Å². The van der Waals surface area contributed by atoms with Crippen molar-refractivity contribution in [3.05, 3.63) is 70.8 Å². The fourth-order valence-corrected chi connectivity index (χ4v) is 4.01. The summed E-state index contributed by atoms with van der Waals surface area (Å²) in [5.41, 5.74) is 13.5. The Kier molecular flexibility index (Phi) is 7.01. The van der Waals surface area contributed by atoms with E-state index in [1.165, 1.54) is 19.2 Å². The molecular weight excluding hydrogens is 441 g/mol. The minimum absolute atomic E-state index is 0.127. The number of halogens is 1. The Hall–Kier alpha value is -3.60. The number of aromatic nitrogens is 3. The standard InChI is InChI=1S/C24H26FN5O4/c1-13-23-20(29-24(26)27-13)8-14(9-21(23)30-34-12-16(32)11-31)17-7-6-15(25)10-18(17)19-4-3-5-22(28-19)33-2/h3-7,9-10,14,16,30-32H,8,11-12H2,1-2H3,(H2,26,27,29)/t14-,16+/m0/s1. The smallest absolute Gasteiger partial charge is 0.220 e. The fraction of sp³-hybridized carbons (Fsp3) is 0.292. The van der Waals surface area contributed by atoms with Crippen LogP contribution in [-0.4, -0.2) is 51.6 Å². The number of allylic oxidation sites excluding steroid dienone is 1. The van der Waals surface area contributed by atoms with Gasteiger partial charge < -0.3 is 20.7 Å². The fourth-order valence-electron chi connectivity index (χ4n) is 4.01. The highest BCUT2D eigenvalue weighted by molar-refractivity contribution is 5.73. The lowest BCUT2D eigenvalue weighted by Gasteiger charge is -2.27. The predicted molar refractivity (Wildman–Crippen MR) is 124 cm³/mol. The Morgan fingerprint density at radius 3 is 2.82 bits per heavy atom. The van der Waals surface area contributed by atoms with Crippen LogP contribution in [0.2, 0.25) is 0 Å². The Morgan fingerprint density at radius 1 is 1.24 bits per heavy atom. The largest absolute Gasteiger partial charge is 0.481 e. The maximum atomic E-state index is 14.3. The van der Waals surface area contributed by atoms with Crippen LogP contribution in [0.4, 0.5) is 10.3 Å². The van der Waals surface area contributed by atoms with Gasteiger partial charge >= 0.3 is 0 Å². The molecule has 0 saturated heterocycles. The second-order valence-corrected chi connectivity index (χ2v) is 7.93. The van der Waals surface area contributed by atoms with Crippen molar-refractivity contribution in [1.82, 2.24) is 20.4 Å². The molecule has 0 unspecified atom stereocenters. The quantitative estimate of drug-likeness (QED) is 0.367. The van der Waals surface area contributed by atoms with Crippen molar-refractivity contribution in [2.24, 2.45) is 0 Å². The summed E-state index contributed by atoms with van der Waals surface area (Å²) in [5.74, 6) is -0.0300. The molecule has 5 N–H and O–H groups in total.